The van der Waals surface area contributed by atoms with E-state index in [1.54, 1.807) is 20.8 Å². The summed E-state index contributed by atoms with van der Waals surface area (Å²) >= 11 is 0. The third kappa shape index (κ3) is 10.8. The van der Waals surface area contributed by atoms with Gasteiger partial charge in [-0.2, -0.15) is 0 Å². The molecular formula is C15H26N4O7. The molecule has 0 saturated carbocycles. The standard InChI is InChI=1S/C15H26N4O7/c1-15(2,3)26-14(25)19-8(4-6-10(16)20)12(22)18-9(13(23)24)5-7-11(17)21/h8-9H,4-7H2,1-3H3,(H2,16,20)(H2,17,21)(H,18,22)(H,19,25)(H,23,24). The van der Waals surface area contributed by atoms with Crippen molar-refractivity contribution in [3.63, 3.8) is 0 Å². The molecule has 0 bridgehead atoms. The molecule has 4 amide bonds. The van der Waals surface area contributed by atoms with Gasteiger partial charge in [-0.15, -0.1) is 0 Å². The van der Waals surface area contributed by atoms with Gasteiger partial charge in [0, 0.05) is 12.8 Å². The van der Waals surface area contributed by atoms with Gasteiger partial charge in [0.15, 0.2) is 0 Å². The molecule has 0 spiro atoms. The molecule has 0 saturated heterocycles. The SMILES string of the molecule is CC(C)(C)OC(=O)NC(CCC(N)=O)C(=O)NC(CCC(N)=O)C(=O)O. The molecule has 0 aliphatic heterocycles. The first-order valence-electron chi connectivity index (χ1n) is 7.91. The van der Waals surface area contributed by atoms with Gasteiger partial charge in [-0.05, 0) is 33.6 Å². The second-order valence-corrected chi connectivity index (χ2v) is 6.61. The Morgan fingerprint density at radius 2 is 1.38 bits per heavy atom. The van der Waals surface area contributed by atoms with Crippen molar-refractivity contribution in [2.24, 2.45) is 11.5 Å². The Bertz CT molecular complexity index is 557. The third-order valence-corrected chi connectivity index (χ3v) is 2.98. The number of hydrogen-bond donors (Lipinski definition) is 5. The highest BCUT2D eigenvalue weighted by atomic mass is 16.6. The number of carbonyl (C=O) groups is 5. The number of carboxylic acid groups (broad SMARTS) is 1. The quantitative estimate of drug-likeness (QED) is 0.323. The number of ether oxygens (including phenoxy) is 1. The van der Waals surface area contributed by atoms with Crippen LogP contribution in [0.25, 0.3) is 0 Å². The van der Waals surface area contributed by atoms with Crippen molar-refractivity contribution >= 4 is 29.8 Å². The van der Waals surface area contributed by atoms with Gasteiger partial charge >= 0.3 is 12.1 Å². The van der Waals surface area contributed by atoms with Crippen LogP contribution in [0.5, 0.6) is 0 Å². The molecule has 0 fully saturated rings. The van der Waals surface area contributed by atoms with Crippen molar-refractivity contribution in [3.8, 4) is 0 Å². The molecule has 26 heavy (non-hydrogen) atoms. The summed E-state index contributed by atoms with van der Waals surface area (Å²) in [7, 11) is 0. The molecule has 0 heterocycles. The van der Waals surface area contributed by atoms with Crippen LogP contribution >= 0.6 is 0 Å². The molecule has 11 heteroatoms. The highest BCUT2D eigenvalue weighted by Crippen LogP contribution is 2.08. The molecule has 0 aromatic carbocycles. The summed E-state index contributed by atoms with van der Waals surface area (Å²) < 4.78 is 5.03. The van der Waals surface area contributed by atoms with Crippen LogP contribution in [0.1, 0.15) is 46.5 Å². The Morgan fingerprint density at radius 1 is 0.923 bits per heavy atom. The Hall–Kier alpha value is -2.85. The van der Waals surface area contributed by atoms with Gasteiger partial charge < -0.3 is 31.9 Å². The first-order chi connectivity index (χ1) is 11.8. The first kappa shape index (κ1) is 23.1. The van der Waals surface area contributed by atoms with Crippen molar-refractivity contribution in [2.45, 2.75) is 64.1 Å². The summed E-state index contributed by atoms with van der Waals surface area (Å²) in [6.07, 6.45) is -1.74. The number of nitrogens with one attached hydrogen (secondary N) is 2. The van der Waals surface area contributed by atoms with E-state index in [-0.39, 0.29) is 25.7 Å². The lowest BCUT2D eigenvalue weighted by Gasteiger charge is -2.24. The van der Waals surface area contributed by atoms with Crippen LogP contribution in [-0.2, 0) is 23.9 Å². The largest absolute Gasteiger partial charge is 0.480 e. The van der Waals surface area contributed by atoms with Crippen molar-refractivity contribution in [1.29, 1.82) is 0 Å². The highest BCUT2D eigenvalue weighted by molar-refractivity contribution is 5.90. The van der Waals surface area contributed by atoms with Crippen molar-refractivity contribution in [1.82, 2.24) is 10.6 Å². The average Bonchev–Trinajstić information content (AvgIpc) is 2.44. The topological polar surface area (TPSA) is 191 Å². The molecule has 0 aromatic heterocycles. The Balaban J connectivity index is 5.05. The molecule has 0 aromatic rings. The van der Waals surface area contributed by atoms with Crippen LogP contribution in [0, 0.1) is 0 Å². The maximum Gasteiger partial charge on any atom is 0.408 e. The minimum Gasteiger partial charge on any atom is -0.480 e. The highest BCUT2D eigenvalue weighted by Gasteiger charge is 2.28. The van der Waals surface area contributed by atoms with Gasteiger partial charge in [0.1, 0.15) is 17.7 Å². The van der Waals surface area contributed by atoms with Crippen LogP contribution in [0.15, 0.2) is 0 Å². The predicted molar refractivity (Wildman–Crippen MR) is 89.6 cm³/mol. The second-order valence-electron chi connectivity index (χ2n) is 6.61. The van der Waals surface area contributed by atoms with Crippen molar-refractivity contribution in [3.05, 3.63) is 0 Å². The molecule has 2 atom stereocenters. The number of primary amides is 2. The summed E-state index contributed by atoms with van der Waals surface area (Å²) in [6.45, 7) is 4.86. The number of carbonyl (C=O) groups excluding carboxylic acids is 4. The van der Waals surface area contributed by atoms with Gasteiger partial charge in [0.2, 0.25) is 17.7 Å². The van der Waals surface area contributed by atoms with Gasteiger partial charge in [-0.3, -0.25) is 14.4 Å². The van der Waals surface area contributed by atoms with Crippen LogP contribution in [0.4, 0.5) is 4.79 Å². The Kier molecular flexibility index (Phi) is 9.09. The van der Waals surface area contributed by atoms with Crippen molar-refractivity contribution in [2.75, 3.05) is 0 Å². The predicted octanol–water partition coefficient (Wildman–Crippen LogP) is -1.02. The van der Waals surface area contributed by atoms with E-state index < -0.39 is 47.5 Å². The fourth-order valence-electron chi connectivity index (χ4n) is 1.82. The molecule has 11 nitrogen and oxygen atoms in total. The first-order valence-corrected chi connectivity index (χ1v) is 7.91. The normalized spacial score (nSPS) is 13.2. The Morgan fingerprint density at radius 3 is 1.77 bits per heavy atom. The number of aliphatic carboxylic acids is 1. The maximum atomic E-state index is 12.3. The van der Waals surface area contributed by atoms with Crippen LogP contribution in [0.3, 0.4) is 0 Å². The van der Waals surface area contributed by atoms with E-state index in [2.05, 4.69) is 10.6 Å². The van der Waals surface area contributed by atoms with E-state index in [1.165, 1.54) is 0 Å². The fraction of sp³-hybridized carbons (Fsp3) is 0.667. The minimum atomic E-state index is -1.38. The number of nitrogens with two attached hydrogens (primary N) is 2. The van der Waals surface area contributed by atoms with Crippen LogP contribution in [-0.4, -0.2) is 52.6 Å². The summed E-state index contributed by atoms with van der Waals surface area (Å²) in [5.74, 6) is -3.64. The number of carboxylic acids is 1. The zero-order valence-corrected chi connectivity index (χ0v) is 15.0. The van der Waals surface area contributed by atoms with Gasteiger partial charge in [-0.1, -0.05) is 0 Å². The van der Waals surface area contributed by atoms with Crippen LogP contribution in [0.2, 0.25) is 0 Å². The molecule has 0 aliphatic rings. The van der Waals surface area contributed by atoms with Crippen LogP contribution < -0.4 is 22.1 Å². The molecule has 148 valence electrons. The maximum absolute atomic E-state index is 12.3. The van der Waals surface area contributed by atoms with E-state index in [1.807, 2.05) is 0 Å². The fourth-order valence-corrected chi connectivity index (χ4v) is 1.82. The van der Waals surface area contributed by atoms with Crippen molar-refractivity contribution < 1.29 is 33.8 Å². The molecule has 0 radical (unpaired) electrons. The molecule has 2 unspecified atom stereocenters. The zero-order valence-electron chi connectivity index (χ0n) is 15.0. The van der Waals surface area contributed by atoms with Gasteiger partial charge in [0.25, 0.3) is 0 Å². The van der Waals surface area contributed by atoms with Gasteiger partial charge in [0.05, 0.1) is 0 Å². The van der Waals surface area contributed by atoms with E-state index in [0.29, 0.717) is 0 Å². The second kappa shape index (κ2) is 10.2. The summed E-state index contributed by atoms with van der Waals surface area (Å²) in [6, 6.07) is -2.63. The lowest BCUT2D eigenvalue weighted by molar-refractivity contribution is -0.142. The average molecular weight is 374 g/mol. The summed E-state index contributed by atoms with van der Waals surface area (Å²) in [5.41, 5.74) is 9.19. The van der Waals surface area contributed by atoms with E-state index in [0.717, 1.165) is 0 Å². The molecule has 0 aliphatic carbocycles. The summed E-state index contributed by atoms with van der Waals surface area (Å²) in [4.78, 5) is 57.1. The minimum absolute atomic E-state index is 0.150. The lowest BCUT2D eigenvalue weighted by Crippen LogP contribution is -2.52. The molecule has 7 N–H and O–H groups in total. The third-order valence-electron chi connectivity index (χ3n) is 2.98. The molecule has 0 rings (SSSR count). The van der Waals surface area contributed by atoms with E-state index in [9.17, 15) is 24.0 Å². The van der Waals surface area contributed by atoms with E-state index >= 15 is 0 Å². The number of rotatable bonds is 10. The number of hydrogen-bond acceptors (Lipinski definition) is 6. The monoisotopic (exact) mass is 374 g/mol. The number of amides is 4. The summed E-state index contributed by atoms with van der Waals surface area (Å²) in [5, 5.41) is 13.6. The zero-order chi connectivity index (χ0) is 20.5. The lowest BCUT2D eigenvalue weighted by atomic mass is 10.1. The smallest absolute Gasteiger partial charge is 0.408 e. The van der Waals surface area contributed by atoms with Gasteiger partial charge in [-0.25, -0.2) is 9.59 Å². The molecular weight excluding hydrogens is 348 g/mol. The Labute approximate surface area is 150 Å². The van der Waals surface area contributed by atoms with E-state index in [4.69, 9.17) is 21.3 Å². The number of alkyl carbamates (subject to hydrolysis) is 1.